The van der Waals surface area contributed by atoms with E-state index in [0.29, 0.717) is 0 Å². The van der Waals surface area contributed by atoms with Crippen LogP contribution in [-0.4, -0.2) is 15.5 Å². The molecule has 23 heavy (non-hydrogen) atoms. The van der Waals surface area contributed by atoms with Gasteiger partial charge in [0.25, 0.3) is 5.56 Å². The second-order valence-corrected chi connectivity index (χ2v) is 5.65. The quantitative estimate of drug-likeness (QED) is 0.854. The van der Waals surface area contributed by atoms with Crippen molar-refractivity contribution in [3.8, 4) is 0 Å². The predicted molar refractivity (Wildman–Crippen MR) is 90.1 cm³/mol. The van der Waals surface area contributed by atoms with Crippen molar-refractivity contribution in [2.45, 2.75) is 45.7 Å². The van der Waals surface area contributed by atoms with Gasteiger partial charge in [-0.3, -0.25) is 14.2 Å². The number of hydrogen-bond acceptors (Lipinski definition) is 3. The molecule has 5 heteroatoms. The molecule has 1 N–H and O–H groups in total. The summed E-state index contributed by atoms with van der Waals surface area (Å²) < 4.78 is 1.34. The zero-order chi connectivity index (χ0) is 16.7. The van der Waals surface area contributed by atoms with Gasteiger partial charge in [-0.25, -0.2) is 4.98 Å². The van der Waals surface area contributed by atoms with Gasteiger partial charge in [0.1, 0.15) is 6.54 Å². The maximum Gasteiger partial charge on any atom is 0.253 e. The van der Waals surface area contributed by atoms with E-state index in [4.69, 9.17) is 0 Å². The van der Waals surface area contributed by atoms with Crippen LogP contribution in [0.3, 0.4) is 0 Å². The zero-order valence-electron chi connectivity index (χ0n) is 13.7. The standard InChI is InChI=1S/C18H23N3O2/c1-3-4-10-16-11-18(23)21(13-19-16)12-17(22)20-14(2)15-8-6-5-7-9-15/h5-9,11,13-14H,3-4,10,12H2,1-2H3,(H,20,22). The molecular formula is C18H23N3O2. The summed E-state index contributed by atoms with van der Waals surface area (Å²) in [5, 5.41) is 2.89. The van der Waals surface area contributed by atoms with E-state index in [1.807, 2.05) is 37.3 Å². The molecule has 0 spiro atoms. The molecule has 1 aromatic heterocycles. The molecule has 1 atom stereocenters. The normalized spacial score (nSPS) is 11.9. The molecule has 1 unspecified atom stereocenters. The number of rotatable bonds is 7. The summed E-state index contributed by atoms with van der Waals surface area (Å²) in [5.41, 5.74) is 1.63. The molecule has 2 aromatic rings. The average Bonchev–Trinajstić information content (AvgIpc) is 2.56. The van der Waals surface area contributed by atoms with Crippen molar-refractivity contribution < 1.29 is 4.79 Å². The fourth-order valence-electron chi connectivity index (χ4n) is 2.34. The van der Waals surface area contributed by atoms with E-state index >= 15 is 0 Å². The van der Waals surface area contributed by atoms with Gasteiger partial charge in [0.2, 0.25) is 5.91 Å². The third kappa shape index (κ3) is 5.06. The first-order valence-corrected chi connectivity index (χ1v) is 8.00. The molecule has 0 aliphatic rings. The summed E-state index contributed by atoms with van der Waals surface area (Å²) in [6, 6.07) is 11.1. The molecule has 0 fully saturated rings. The number of aryl methyl sites for hydroxylation is 1. The van der Waals surface area contributed by atoms with E-state index < -0.39 is 0 Å². The number of amides is 1. The average molecular weight is 313 g/mol. The third-order valence-electron chi connectivity index (χ3n) is 3.71. The summed E-state index contributed by atoms with van der Waals surface area (Å²) >= 11 is 0. The molecular weight excluding hydrogens is 290 g/mol. The molecule has 0 bridgehead atoms. The Morgan fingerprint density at radius 3 is 2.70 bits per heavy atom. The summed E-state index contributed by atoms with van der Waals surface area (Å²) in [7, 11) is 0. The lowest BCUT2D eigenvalue weighted by Gasteiger charge is -2.14. The van der Waals surface area contributed by atoms with E-state index in [1.54, 1.807) is 0 Å². The second kappa shape index (κ2) is 8.27. The predicted octanol–water partition coefficient (Wildman–Crippen LogP) is 2.46. The number of carbonyl (C=O) groups excluding carboxylic acids is 1. The van der Waals surface area contributed by atoms with Gasteiger partial charge in [-0.1, -0.05) is 43.7 Å². The number of nitrogens with zero attached hydrogens (tertiary/aromatic N) is 2. The lowest BCUT2D eigenvalue weighted by atomic mass is 10.1. The Hall–Kier alpha value is -2.43. The molecule has 0 aliphatic carbocycles. The minimum absolute atomic E-state index is 0.0168. The molecule has 1 aromatic carbocycles. The number of unbranched alkanes of at least 4 members (excludes halogenated alkanes) is 1. The first-order chi connectivity index (χ1) is 11.1. The Morgan fingerprint density at radius 2 is 2.04 bits per heavy atom. The number of hydrogen-bond donors (Lipinski definition) is 1. The highest BCUT2D eigenvalue weighted by atomic mass is 16.2. The summed E-state index contributed by atoms with van der Waals surface area (Å²) in [4.78, 5) is 28.4. The summed E-state index contributed by atoms with van der Waals surface area (Å²) in [6.45, 7) is 4.00. The van der Waals surface area contributed by atoms with Crippen LogP contribution < -0.4 is 10.9 Å². The van der Waals surface area contributed by atoms with Crippen LogP contribution >= 0.6 is 0 Å². The van der Waals surface area contributed by atoms with Gasteiger partial charge >= 0.3 is 0 Å². The highest BCUT2D eigenvalue weighted by Gasteiger charge is 2.10. The minimum atomic E-state index is -0.202. The van der Waals surface area contributed by atoms with Gasteiger partial charge in [0.05, 0.1) is 12.4 Å². The maximum absolute atomic E-state index is 12.1. The topological polar surface area (TPSA) is 64.0 Å². The van der Waals surface area contributed by atoms with E-state index in [9.17, 15) is 9.59 Å². The maximum atomic E-state index is 12.1. The van der Waals surface area contributed by atoms with E-state index in [-0.39, 0.29) is 24.1 Å². The first-order valence-electron chi connectivity index (χ1n) is 8.00. The largest absolute Gasteiger partial charge is 0.348 e. The van der Waals surface area contributed by atoms with Crippen molar-refractivity contribution in [3.05, 3.63) is 64.3 Å². The monoisotopic (exact) mass is 313 g/mol. The van der Waals surface area contributed by atoms with Gasteiger partial charge in [0, 0.05) is 11.8 Å². The van der Waals surface area contributed by atoms with Crippen molar-refractivity contribution >= 4 is 5.91 Å². The molecule has 5 nitrogen and oxygen atoms in total. The van der Waals surface area contributed by atoms with Gasteiger partial charge in [-0.2, -0.15) is 0 Å². The summed E-state index contributed by atoms with van der Waals surface area (Å²) in [5.74, 6) is -0.202. The fraction of sp³-hybridized carbons (Fsp3) is 0.389. The SMILES string of the molecule is CCCCc1cc(=O)n(CC(=O)NC(C)c2ccccc2)cn1. The van der Waals surface area contributed by atoms with Crippen LogP contribution in [0.4, 0.5) is 0 Å². The van der Waals surface area contributed by atoms with Crippen LogP contribution in [0.25, 0.3) is 0 Å². The molecule has 0 radical (unpaired) electrons. The minimum Gasteiger partial charge on any atom is -0.348 e. The molecule has 1 heterocycles. The smallest absolute Gasteiger partial charge is 0.253 e. The Labute approximate surface area is 136 Å². The zero-order valence-corrected chi connectivity index (χ0v) is 13.7. The Bertz CT molecular complexity index is 695. The Balaban J connectivity index is 1.96. The number of nitrogens with one attached hydrogen (secondary N) is 1. The van der Waals surface area contributed by atoms with Crippen LogP contribution in [-0.2, 0) is 17.8 Å². The van der Waals surface area contributed by atoms with E-state index in [2.05, 4.69) is 17.2 Å². The highest BCUT2D eigenvalue weighted by molar-refractivity contribution is 5.76. The molecule has 1 amide bonds. The lowest BCUT2D eigenvalue weighted by Crippen LogP contribution is -2.33. The lowest BCUT2D eigenvalue weighted by molar-refractivity contribution is -0.122. The third-order valence-corrected chi connectivity index (χ3v) is 3.71. The van der Waals surface area contributed by atoms with Crippen LogP contribution in [0.15, 0.2) is 47.5 Å². The van der Waals surface area contributed by atoms with Crippen LogP contribution in [0, 0.1) is 0 Å². The molecule has 0 saturated heterocycles. The first kappa shape index (κ1) is 16.9. The fourth-order valence-corrected chi connectivity index (χ4v) is 2.34. The van der Waals surface area contributed by atoms with Crippen molar-refractivity contribution in [1.82, 2.24) is 14.9 Å². The van der Waals surface area contributed by atoms with Gasteiger partial charge in [0.15, 0.2) is 0 Å². The summed E-state index contributed by atoms with van der Waals surface area (Å²) in [6.07, 6.45) is 4.32. The van der Waals surface area contributed by atoms with Crippen LogP contribution in [0.5, 0.6) is 0 Å². The number of aromatic nitrogens is 2. The Morgan fingerprint density at radius 1 is 1.30 bits per heavy atom. The number of carbonyl (C=O) groups is 1. The molecule has 0 aliphatic heterocycles. The second-order valence-electron chi connectivity index (χ2n) is 5.65. The van der Waals surface area contributed by atoms with Crippen molar-refractivity contribution in [3.63, 3.8) is 0 Å². The molecule has 122 valence electrons. The van der Waals surface area contributed by atoms with Crippen molar-refractivity contribution in [2.24, 2.45) is 0 Å². The van der Waals surface area contributed by atoms with Gasteiger partial charge in [-0.05, 0) is 25.3 Å². The van der Waals surface area contributed by atoms with E-state index in [0.717, 1.165) is 30.5 Å². The van der Waals surface area contributed by atoms with Crippen molar-refractivity contribution in [1.29, 1.82) is 0 Å². The van der Waals surface area contributed by atoms with E-state index in [1.165, 1.54) is 17.0 Å². The van der Waals surface area contributed by atoms with Crippen LogP contribution in [0.2, 0.25) is 0 Å². The van der Waals surface area contributed by atoms with Crippen LogP contribution in [0.1, 0.15) is 44.0 Å². The van der Waals surface area contributed by atoms with Gasteiger partial charge in [-0.15, -0.1) is 0 Å². The van der Waals surface area contributed by atoms with Crippen molar-refractivity contribution in [2.75, 3.05) is 0 Å². The molecule has 2 rings (SSSR count). The number of benzene rings is 1. The highest BCUT2D eigenvalue weighted by Crippen LogP contribution is 2.10. The van der Waals surface area contributed by atoms with Gasteiger partial charge < -0.3 is 5.32 Å². The molecule has 0 saturated carbocycles. The Kier molecular flexibility index (Phi) is 6.09.